The number of rotatable bonds is 3. The van der Waals surface area contributed by atoms with E-state index in [1.165, 1.54) is 6.07 Å². The number of aromatic nitrogens is 2. The predicted molar refractivity (Wildman–Crippen MR) is 67.9 cm³/mol. The summed E-state index contributed by atoms with van der Waals surface area (Å²) in [5.74, 6) is 0.329. The first-order chi connectivity index (χ1) is 8.20. The van der Waals surface area contributed by atoms with Gasteiger partial charge in [-0.15, -0.1) is 0 Å². The molecule has 2 rings (SSSR count). The Hall–Kier alpha value is -1.33. The highest BCUT2D eigenvalue weighted by molar-refractivity contribution is 9.10. The zero-order valence-electron chi connectivity index (χ0n) is 9.03. The van der Waals surface area contributed by atoms with Crippen LogP contribution < -0.4 is 5.73 Å². The normalized spacial score (nSPS) is 10.5. The van der Waals surface area contributed by atoms with Crippen molar-refractivity contribution in [2.45, 2.75) is 6.42 Å². The molecule has 0 spiro atoms. The number of hydrogen-bond acceptors (Lipinski definition) is 3. The van der Waals surface area contributed by atoms with Crippen LogP contribution in [0.1, 0.15) is 5.82 Å². The number of halogens is 2. The topological polar surface area (TPSA) is 51.8 Å². The summed E-state index contributed by atoms with van der Waals surface area (Å²) in [5, 5.41) is 0. The maximum Gasteiger partial charge on any atom is 0.132 e. The molecule has 0 aliphatic rings. The van der Waals surface area contributed by atoms with Crippen LogP contribution in [0.5, 0.6) is 0 Å². The van der Waals surface area contributed by atoms with Crippen molar-refractivity contribution in [3.63, 3.8) is 0 Å². The fourth-order valence-corrected chi connectivity index (χ4v) is 1.85. The van der Waals surface area contributed by atoms with E-state index in [1.807, 2.05) is 0 Å². The van der Waals surface area contributed by atoms with E-state index in [0.29, 0.717) is 30.0 Å². The first-order valence-corrected chi connectivity index (χ1v) is 5.97. The lowest BCUT2D eigenvalue weighted by Gasteiger charge is -2.05. The summed E-state index contributed by atoms with van der Waals surface area (Å²) >= 11 is 3.31. The van der Waals surface area contributed by atoms with E-state index in [1.54, 1.807) is 24.4 Å². The van der Waals surface area contributed by atoms with Gasteiger partial charge in [-0.1, -0.05) is 15.9 Å². The Morgan fingerprint density at radius 2 is 2.12 bits per heavy atom. The molecule has 0 radical (unpaired) electrons. The largest absolute Gasteiger partial charge is 0.330 e. The number of nitrogens with two attached hydrogens (primary N) is 1. The summed E-state index contributed by atoms with van der Waals surface area (Å²) in [5.41, 5.74) is 6.47. The van der Waals surface area contributed by atoms with Crippen LogP contribution in [0.2, 0.25) is 0 Å². The van der Waals surface area contributed by atoms with Gasteiger partial charge >= 0.3 is 0 Å². The third kappa shape index (κ3) is 2.87. The van der Waals surface area contributed by atoms with Gasteiger partial charge in [-0.3, -0.25) is 0 Å². The molecule has 0 atom stereocenters. The second-order valence-electron chi connectivity index (χ2n) is 3.52. The summed E-state index contributed by atoms with van der Waals surface area (Å²) in [7, 11) is 0. The molecule has 0 amide bonds. The van der Waals surface area contributed by atoms with Gasteiger partial charge in [0.15, 0.2) is 0 Å². The molecule has 0 fully saturated rings. The van der Waals surface area contributed by atoms with Gasteiger partial charge < -0.3 is 5.73 Å². The highest BCUT2D eigenvalue weighted by atomic mass is 79.9. The molecular formula is C12H11BrFN3. The second kappa shape index (κ2) is 5.33. The van der Waals surface area contributed by atoms with E-state index in [4.69, 9.17) is 5.73 Å². The molecule has 0 aliphatic heterocycles. The SMILES string of the molecule is NCCc1nccc(-c2cc(Br)ccc2F)n1. The van der Waals surface area contributed by atoms with Crippen LogP contribution in [0.25, 0.3) is 11.3 Å². The molecule has 1 aromatic carbocycles. The Kier molecular flexibility index (Phi) is 3.81. The fourth-order valence-electron chi connectivity index (χ4n) is 1.49. The zero-order valence-corrected chi connectivity index (χ0v) is 10.6. The number of hydrogen-bond donors (Lipinski definition) is 1. The van der Waals surface area contributed by atoms with Crippen molar-refractivity contribution in [1.82, 2.24) is 9.97 Å². The van der Waals surface area contributed by atoms with Gasteiger partial charge in [0.25, 0.3) is 0 Å². The third-order valence-corrected chi connectivity index (χ3v) is 2.77. The Bertz CT molecular complexity index is 531. The van der Waals surface area contributed by atoms with E-state index in [-0.39, 0.29) is 5.82 Å². The Balaban J connectivity index is 2.45. The standard InChI is InChI=1S/C12H11BrFN3/c13-8-1-2-10(14)9(7-8)11-4-6-16-12(17-11)3-5-15/h1-2,4,6-7H,3,5,15H2. The summed E-state index contributed by atoms with van der Waals surface area (Å²) < 4.78 is 14.5. The van der Waals surface area contributed by atoms with Gasteiger partial charge in [-0.05, 0) is 30.8 Å². The van der Waals surface area contributed by atoms with Crippen LogP contribution in [0, 0.1) is 5.82 Å². The molecule has 2 aromatic rings. The lowest BCUT2D eigenvalue weighted by Crippen LogP contribution is -2.06. The van der Waals surface area contributed by atoms with E-state index in [9.17, 15) is 4.39 Å². The van der Waals surface area contributed by atoms with Crippen LogP contribution in [0.4, 0.5) is 4.39 Å². The molecule has 1 aromatic heterocycles. The molecule has 17 heavy (non-hydrogen) atoms. The Morgan fingerprint density at radius 3 is 2.88 bits per heavy atom. The summed E-state index contributed by atoms with van der Waals surface area (Å²) in [4.78, 5) is 8.36. The molecule has 1 heterocycles. The fraction of sp³-hybridized carbons (Fsp3) is 0.167. The third-order valence-electron chi connectivity index (χ3n) is 2.28. The lowest BCUT2D eigenvalue weighted by molar-refractivity contribution is 0.630. The minimum atomic E-state index is -0.300. The first-order valence-electron chi connectivity index (χ1n) is 5.18. The van der Waals surface area contributed by atoms with Crippen LogP contribution in [-0.2, 0) is 6.42 Å². The molecule has 0 aliphatic carbocycles. The highest BCUT2D eigenvalue weighted by Crippen LogP contribution is 2.24. The van der Waals surface area contributed by atoms with Crippen molar-refractivity contribution in [2.75, 3.05) is 6.54 Å². The van der Waals surface area contributed by atoms with E-state index < -0.39 is 0 Å². The van der Waals surface area contributed by atoms with Crippen LogP contribution >= 0.6 is 15.9 Å². The number of nitrogens with zero attached hydrogens (tertiary/aromatic N) is 2. The summed E-state index contributed by atoms with van der Waals surface area (Å²) in [6.45, 7) is 0.477. The maximum atomic E-state index is 13.7. The highest BCUT2D eigenvalue weighted by Gasteiger charge is 2.08. The van der Waals surface area contributed by atoms with Gasteiger partial charge in [-0.25, -0.2) is 14.4 Å². The van der Waals surface area contributed by atoms with Crippen LogP contribution in [-0.4, -0.2) is 16.5 Å². The van der Waals surface area contributed by atoms with Crippen LogP contribution in [0.15, 0.2) is 34.9 Å². The molecule has 0 saturated carbocycles. The predicted octanol–water partition coefficient (Wildman–Crippen LogP) is 2.55. The molecule has 0 unspecified atom stereocenters. The molecule has 3 nitrogen and oxygen atoms in total. The van der Waals surface area contributed by atoms with Crippen molar-refractivity contribution in [2.24, 2.45) is 5.73 Å². The minimum Gasteiger partial charge on any atom is -0.330 e. The van der Waals surface area contributed by atoms with Crippen LogP contribution in [0.3, 0.4) is 0 Å². The zero-order chi connectivity index (χ0) is 12.3. The van der Waals surface area contributed by atoms with Gasteiger partial charge in [0, 0.05) is 22.7 Å². The smallest absolute Gasteiger partial charge is 0.132 e. The number of benzene rings is 1. The molecule has 5 heteroatoms. The minimum absolute atomic E-state index is 0.300. The summed E-state index contributed by atoms with van der Waals surface area (Å²) in [6.07, 6.45) is 2.21. The van der Waals surface area contributed by atoms with E-state index >= 15 is 0 Å². The average molecular weight is 296 g/mol. The van der Waals surface area contributed by atoms with Crippen molar-refractivity contribution in [3.8, 4) is 11.3 Å². The quantitative estimate of drug-likeness (QED) is 0.947. The van der Waals surface area contributed by atoms with Crippen molar-refractivity contribution >= 4 is 15.9 Å². The first kappa shape index (κ1) is 12.1. The molecule has 2 N–H and O–H groups in total. The Labute approximate surface area is 107 Å². The van der Waals surface area contributed by atoms with Crippen molar-refractivity contribution in [1.29, 1.82) is 0 Å². The van der Waals surface area contributed by atoms with Crippen molar-refractivity contribution in [3.05, 3.63) is 46.6 Å². The lowest BCUT2D eigenvalue weighted by atomic mass is 10.1. The van der Waals surface area contributed by atoms with E-state index in [0.717, 1.165) is 4.47 Å². The average Bonchev–Trinajstić information content (AvgIpc) is 2.33. The van der Waals surface area contributed by atoms with E-state index in [2.05, 4.69) is 25.9 Å². The molecule has 88 valence electrons. The van der Waals surface area contributed by atoms with Gasteiger partial charge in [0.2, 0.25) is 0 Å². The monoisotopic (exact) mass is 295 g/mol. The molecule has 0 saturated heterocycles. The van der Waals surface area contributed by atoms with Gasteiger partial charge in [-0.2, -0.15) is 0 Å². The Morgan fingerprint density at radius 1 is 1.29 bits per heavy atom. The summed E-state index contributed by atoms with van der Waals surface area (Å²) in [6, 6.07) is 6.44. The van der Waals surface area contributed by atoms with Gasteiger partial charge in [0.05, 0.1) is 5.69 Å². The molecular weight excluding hydrogens is 285 g/mol. The van der Waals surface area contributed by atoms with Crippen molar-refractivity contribution < 1.29 is 4.39 Å². The van der Waals surface area contributed by atoms with Gasteiger partial charge in [0.1, 0.15) is 11.6 Å². The maximum absolute atomic E-state index is 13.7. The second-order valence-corrected chi connectivity index (χ2v) is 4.44. The molecule has 0 bridgehead atoms.